The standard InChI is InChI=1S/C23H34O3/c1-7-11-18-14-15-21(16-19(18)12-8-2)25-17-22(24)26-23(5,6)20(10-4)13-9-3/h8,11-12,14-16,20H,2,7,9-10,13,17H2,1,3-6H3/b18-11-,19-12-. The number of carbonyl (C=O) groups excluding carboxylic acids is 1. The summed E-state index contributed by atoms with van der Waals surface area (Å²) in [6.07, 6.45) is 9.91. The van der Waals surface area contributed by atoms with Crippen molar-refractivity contribution in [2.45, 2.75) is 65.9 Å². The number of carbonyl (C=O) groups is 1. The van der Waals surface area contributed by atoms with Gasteiger partial charge in [-0.2, -0.15) is 0 Å². The number of ether oxygens (including phenoxy) is 2. The van der Waals surface area contributed by atoms with Gasteiger partial charge in [-0.15, -0.1) is 0 Å². The molecule has 0 bridgehead atoms. The second kappa shape index (κ2) is 10.8. The van der Waals surface area contributed by atoms with Crippen molar-refractivity contribution in [2.24, 2.45) is 5.92 Å². The summed E-state index contributed by atoms with van der Waals surface area (Å²) in [6, 6.07) is 5.80. The minimum absolute atomic E-state index is 0.0869. The quantitative estimate of drug-likeness (QED) is 0.583. The van der Waals surface area contributed by atoms with Crippen molar-refractivity contribution in [3.8, 4) is 5.75 Å². The molecular weight excluding hydrogens is 324 g/mol. The molecule has 0 aromatic heterocycles. The van der Waals surface area contributed by atoms with Gasteiger partial charge in [0.15, 0.2) is 6.61 Å². The lowest BCUT2D eigenvalue weighted by Crippen LogP contribution is -2.38. The normalized spacial score (nSPS) is 14.2. The maximum atomic E-state index is 12.3. The van der Waals surface area contributed by atoms with Crippen LogP contribution in [0.5, 0.6) is 5.75 Å². The van der Waals surface area contributed by atoms with Crippen LogP contribution >= 0.6 is 0 Å². The van der Waals surface area contributed by atoms with Crippen LogP contribution in [0.4, 0.5) is 0 Å². The van der Waals surface area contributed by atoms with E-state index < -0.39 is 5.60 Å². The predicted octanol–water partition coefficient (Wildman–Crippen LogP) is 4.37. The van der Waals surface area contributed by atoms with E-state index in [4.69, 9.17) is 9.47 Å². The lowest BCUT2D eigenvalue weighted by atomic mass is 9.85. The van der Waals surface area contributed by atoms with Crippen molar-refractivity contribution < 1.29 is 14.3 Å². The van der Waals surface area contributed by atoms with Gasteiger partial charge >= 0.3 is 5.97 Å². The van der Waals surface area contributed by atoms with Gasteiger partial charge in [0.25, 0.3) is 0 Å². The summed E-state index contributed by atoms with van der Waals surface area (Å²) in [4.78, 5) is 12.3. The van der Waals surface area contributed by atoms with Crippen LogP contribution in [-0.2, 0) is 9.53 Å². The highest BCUT2D eigenvalue weighted by Crippen LogP contribution is 2.28. The summed E-state index contributed by atoms with van der Waals surface area (Å²) in [5, 5.41) is 2.16. The molecule has 0 saturated carbocycles. The minimum Gasteiger partial charge on any atom is -0.482 e. The van der Waals surface area contributed by atoms with Gasteiger partial charge < -0.3 is 9.47 Å². The van der Waals surface area contributed by atoms with Gasteiger partial charge in [-0.05, 0) is 61.6 Å². The molecule has 1 aromatic rings. The van der Waals surface area contributed by atoms with Crippen LogP contribution in [-0.4, -0.2) is 18.2 Å². The van der Waals surface area contributed by atoms with Gasteiger partial charge in [-0.3, -0.25) is 0 Å². The molecule has 3 heteroatoms. The van der Waals surface area contributed by atoms with Gasteiger partial charge in [0.1, 0.15) is 11.4 Å². The molecule has 0 aliphatic rings. The fourth-order valence-corrected chi connectivity index (χ4v) is 3.26. The molecule has 0 saturated heterocycles. The molecule has 0 aliphatic heterocycles. The third-order valence-corrected chi connectivity index (χ3v) is 4.63. The molecule has 0 heterocycles. The lowest BCUT2D eigenvalue weighted by Gasteiger charge is -2.33. The zero-order valence-electron chi connectivity index (χ0n) is 17.0. The van der Waals surface area contributed by atoms with Crippen molar-refractivity contribution in [3.63, 3.8) is 0 Å². The number of hydrogen-bond acceptors (Lipinski definition) is 3. The minimum atomic E-state index is -0.479. The summed E-state index contributed by atoms with van der Waals surface area (Å²) >= 11 is 0. The Bertz CT molecular complexity index is 701. The van der Waals surface area contributed by atoms with E-state index in [1.54, 1.807) is 6.08 Å². The van der Waals surface area contributed by atoms with Crippen LogP contribution in [0.2, 0.25) is 0 Å². The molecule has 144 valence electrons. The van der Waals surface area contributed by atoms with E-state index in [2.05, 4.69) is 33.4 Å². The molecule has 26 heavy (non-hydrogen) atoms. The van der Waals surface area contributed by atoms with Crippen LogP contribution in [0, 0.1) is 5.92 Å². The molecule has 0 N–H and O–H groups in total. The Labute approximate surface area is 158 Å². The van der Waals surface area contributed by atoms with E-state index in [1.807, 2.05) is 38.1 Å². The number of esters is 1. The molecule has 0 aliphatic carbocycles. The fraction of sp³-hybridized carbons (Fsp3) is 0.522. The van der Waals surface area contributed by atoms with E-state index in [0.717, 1.165) is 36.1 Å². The molecule has 0 radical (unpaired) electrons. The third-order valence-electron chi connectivity index (χ3n) is 4.63. The summed E-state index contributed by atoms with van der Waals surface area (Å²) < 4.78 is 11.4. The molecule has 1 atom stereocenters. The Morgan fingerprint density at radius 3 is 2.54 bits per heavy atom. The Balaban J connectivity index is 2.79. The first-order valence-corrected chi connectivity index (χ1v) is 9.65. The average Bonchev–Trinajstić information content (AvgIpc) is 2.59. The topological polar surface area (TPSA) is 35.5 Å². The molecule has 0 spiro atoms. The van der Waals surface area contributed by atoms with E-state index >= 15 is 0 Å². The Morgan fingerprint density at radius 1 is 1.23 bits per heavy atom. The largest absolute Gasteiger partial charge is 0.482 e. The van der Waals surface area contributed by atoms with Crippen molar-refractivity contribution in [1.29, 1.82) is 0 Å². The number of allylic oxidation sites excluding steroid dienone is 1. The van der Waals surface area contributed by atoms with Gasteiger partial charge in [0, 0.05) is 0 Å². The summed E-state index contributed by atoms with van der Waals surface area (Å²) in [6.45, 7) is 14.0. The van der Waals surface area contributed by atoms with Crippen molar-refractivity contribution >= 4 is 18.1 Å². The summed E-state index contributed by atoms with van der Waals surface area (Å²) in [7, 11) is 0. The first-order valence-electron chi connectivity index (χ1n) is 9.65. The first-order chi connectivity index (χ1) is 12.4. The van der Waals surface area contributed by atoms with E-state index in [1.165, 1.54) is 0 Å². The maximum absolute atomic E-state index is 12.3. The second-order valence-corrected chi connectivity index (χ2v) is 7.07. The van der Waals surface area contributed by atoms with Gasteiger partial charge in [-0.25, -0.2) is 4.79 Å². The van der Waals surface area contributed by atoms with Crippen LogP contribution in [0.25, 0.3) is 12.2 Å². The molecule has 1 rings (SSSR count). The lowest BCUT2D eigenvalue weighted by molar-refractivity contribution is -0.164. The molecule has 0 fully saturated rings. The fourth-order valence-electron chi connectivity index (χ4n) is 3.26. The Hall–Kier alpha value is -2.03. The Kier molecular flexibility index (Phi) is 9.18. The molecule has 0 amide bonds. The van der Waals surface area contributed by atoms with Gasteiger partial charge in [0.05, 0.1) is 0 Å². The molecule has 3 nitrogen and oxygen atoms in total. The smallest absolute Gasteiger partial charge is 0.344 e. The van der Waals surface area contributed by atoms with Crippen molar-refractivity contribution in [3.05, 3.63) is 41.3 Å². The monoisotopic (exact) mass is 358 g/mol. The SMILES string of the molecule is C=C/C=c1/cc(OCC(=O)OC(C)(C)C(CC)CCC)cc/c1=C/CC. The highest BCUT2D eigenvalue weighted by atomic mass is 16.6. The van der Waals surface area contributed by atoms with Crippen LogP contribution in [0.15, 0.2) is 30.9 Å². The van der Waals surface area contributed by atoms with Crippen molar-refractivity contribution in [2.75, 3.05) is 6.61 Å². The van der Waals surface area contributed by atoms with Gasteiger partial charge in [-0.1, -0.05) is 58.1 Å². The zero-order chi connectivity index (χ0) is 19.6. The van der Waals surface area contributed by atoms with E-state index in [0.29, 0.717) is 11.7 Å². The van der Waals surface area contributed by atoms with Crippen LogP contribution < -0.4 is 15.2 Å². The average molecular weight is 359 g/mol. The zero-order valence-corrected chi connectivity index (χ0v) is 17.0. The van der Waals surface area contributed by atoms with Crippen LogP contribution in [0.1, 0.15) is 60.3 Å². The predicted molar refractivity (Wildman–Crippen MR) is 109 cm³/mol. The summed E-state index contributed by atoms with van der Waals surface area (Å²) in [5.41, 5.74) is -0.479. The van der Waals surface area contributed by atoms with E-state index in [9.17, 15) is 4.79 Å². The van der Waals surface area contributed by atoms with Crippen LogP contribution in [0.3, 0.4) is 0 Å². The number of rotatable bonds is 10. The number of hydrogen-bond donors (Lipinski definition) is 0. The highest BCUT2D eigenvalue weighted by Gasteiger charge is 2.31. The van der Waals surface area contributed by atoms with Crippen molar-refractivity contribution in [1.82, 2.24) is 0 Å². The third kappa shape index (κ3) is 6.70. The second-order valence-electron chi connectivity index (χ2n) is 7.07. The maximum Gasteiger partial charge on any atom is 0.344 e. The molecular formula is C23H34O3. The summed E-state index contributed by atoms with van der Waals surface area (Å²) in [5.74, 6) is 0.679. The van der Waals surface area contributed by atoms with Gasteiger partial charge in [0.2, 0.25) is 0 Å². The Morgan fingerprint density at radius 2 is 1.96 bits per heavy atom. The molecule has 1 unspecified atom stereocenters. The number of benzene rings is 1. The highest BCUT2D eigenvalue weighted by molar-refractivity contribution is 5.71. The molecule has 1 aromatic carbocycles. The first kappa shape index (κ1) is 22.0. The van der Waals surface area contributed by atoms with E-state index in [-0.39, 0.29) is 12.6 Å².